The number of halogens is 1. The molecule has 0 radical (unpaired) electrons. The monoisotopic (exact) mass is 467 g/mol. The zero-order chi connectivity index (χ0) is 23.3. The number of aliphatic carboxylic acids is 1. The van der Waals surface area contributed by atoms with E-state index in [2.05, 4.69) is 10.6 Å². The molecule has 5 rings (SSSR count). The van der Waals surface area contributed by atoms with E-state index in [0.29, 0.717) is 22.7 Å². The highest BCUT2D eigenvalue weighted by molar-refractivity contribution is 6.31. The van der Waals surface area contributed by atoms with Crippen molar-refractivity contribution >= 4 is 41.0 Å². The van der Waals surface area contributed by atoms with Gasteiger partial charge in [0, 0.05) is 35.3 Å². The molecule has 3 aliphatic rings. The number of imide groups is 1. The van der Waals surface area contributed by atoms with Gasteiger partial charge in [0.15, 0.2) is 0 Å². The summed E-state index contributed by atoms with van der Waals surface area (Å²) in [7, 11) is 0. The second kappa shape index (κ2) is 7.97. The molecule has 0 bridgehead atoms. The van der Waals surface area contributed by atoms with Gasteiger partial charge in [-0.1, -0.05) is 41.9 Å². The van der Waals surface area contributed by atoms with E-state index in [-0.39, 0.29) is 25.3 Å². The SMILES string of the molecule is O=C(O)CCC1NC2(C(=O)Nc3ccc(Cl)cc32)[C@@H]2C(=O)N(CCc3ccccc3)C(=O)[C@H]12. The van der Waals surface area contributed by atoms with Crippen LogP contribution < -0.4 is 10.6 Å². The van der Waals surface area contributed by atoms with Crippen molar-refractivity contribution in [3.05, 3.63) is 64.7 Å². The maximum atomic E-state index is 13.6. The fourth-order valence-corrected chi connectivity index (χ4v) is 5.64. The molecule has 0 saturated carbocycles. The highest BCUT2D eigenvalue weighted by Crippen LogP contribution is 2.53. The van der Waals surface area contributed by atoms with Crippen molar-refractivity contribution in [2.75, 3.05) is 11.9 Å². The summed E-state index contributed by atoms with van der Waals surface area (Å²) in [6.45, 7) is 0.195. The van der Waals surface area contributed by atoms with E-state index >= 15 is 0 Å². The van der Waals surface area contributed by atoms with E-state index < -0.39 is 41.2 Å². The summed E-state index contributed by atoms with van der Waals surface area (Å²) in [6.07, 6.45) is 0.423. The molecule has 2 fully saturated rings. The average Bonchev–Trinajstić information content (AvgIpc) is 3.37. The van der Waals surface area contributed by atoms with E-state index in [1.807, 2.05) is 30.3 Å². The predicted octanol–water partition coefficient (Wildman–Crippen LogP) is 2.17. The second-order valence-electron chi connectivity index (χ2n) is 8.70. The Morgan fingerprint density at radius 1 is 1.09 bits per heavy atom. The standard InChI is InChI=1S/C24H22ClN3O5/c25-14-6-7-16-15(12-14)24(23(33)26-16)20-19(17(27-24)8-9-18(29)30)21(31)28(22(20)32)11-10-13-4-2-1-3-5-13/h1-7,12,17,19-20,27H,8-11H2,(H,26,33)(H,29,30)/t17?,19-,20+,24?/m1/s1. The van der Waals surface area contributed by atoms with Crippen molar-refractivity contribution in [3.8, 4) is 0 Å². The minimum absolute atomic E-state index is 0.118. The molecule has 4 atom stereocenters. The van der Waals surface area contributed by atoms with Gasteiger partial charge in [-0.15, -0.1) is 0 Å². The molecule has 9 heteroatoms. The lowest BCUT2D eigenvalue weighted by Gasteiger charge is -2.29. The van der Waals surface area contributed by atoms with Crippen LogP contribution in [0.3, 0.4) is 0 Å². The van der Waals surface area contributed by atoms with Crippen molar-refractivity contribution < 1.29 is 24.3 Å². The van der Waals surface area contributed by atoms with Crippen LogP contribution in [-0.2, 0) is 31.1 Å². The summed E-state index contributed by atoms with van der Waals surface area (Å²) < 4.78 is 0. The van der Waals surface area contributed by atoms with Crippen LogP contribution in [0, 0.1) is 11.8 Å². The number of carboxylic acids is 1. The minimum Gasteiger partial charge on any atom is -0.481 e. The van der Waals surface area contributed by atoms with Gasteiger partial charge in [-0.3, -0.25) is 29.4 Å². The first-order chi connectivity index (χ1) is 15.8. The van der Waals surface area contributed by atoms with Crippen LogP contribution in [0.2, 0.25) is 5.02 Å². The number of carboxylic acid groups (broad SMARTS) is 1. The molecule has 170 valence electrons. The first-order valence-electron chi connectivity index (χ1n) is 10.8. The van der Waals surface area contributed by atoms with Gasteiger partial charge in [-0.05, 0) is 36.6 Å². The Labute approximate surface area is 194 Å². The average molecular weight is 468 g/mol. The van der Waals surface area contributed by atoms with Crippen molar-refractivity contribution in [3.63, 3.8) is 0 Å². The van der Waals surface area contributed by atoms with Crippen LogP contribution in [0.4, 0.5) is 5.69 Å². The summed E-state index contributed by atoms with van der Waals surface area (Å²) in [5, 5.41) is 15.6. The molecule has 3 heterocycles. The molecule has 2 aromatic rings. The summed E-state index contributed by atoms with van der Waals surface area (Å²) in [5.74, 6) is -4.04. The Morgan fingerprint density at radius 3 is 2.58 bits per heavy atom. The Bertz CT molecular complexity index is 1170. The van der Waals surface area contributed by atoms with E-state index in [1.165, 1.54) is 4.90 Å². The van der Waals surface area contributed by atoms with Crippen LogP contribution >= 0.6 is 11.6 Å². The first-order valence-corrected chi connectivity index (χ1v) is 11.2. The number of fused-ring (bicyclic) bond motifs is 4. The third-order valence-electron chi connectivity index (χ3n) is 6.90. The minimum atomic E-state index is -1.47. The topological polar surface area (TPSA) is 116 Å². The van der Waals surface area contributed by atoms with Gasteiger partial charge in [0.1, 0.15) is 5.54 Å². The molecular weight excluding hydrogens is 446 g/mol. The molecule has 3 aliphatic heterocycles. The molecule has 2 saturated heterocycles. The molecule has 8 nitrogen and oxygen atoms in total. The number of carbonyl (C=O) groups is 4. The van der Waals surface area contributed by atoms with E-state index in [0.717, 1.165) is 5.56 Å². The van der Waals surface area contributed by atoms with Gasteiger partial charge < -0.3 is 10.4 Å². The second-order valence-corrected chi connectivity index (χ2v) is 9.14. The van der Waals surface area contributed by atoms with Gasteiger partial charge >= 0.3 is 5.97 Å². The number of anilines is 1. The number of benzene rings is 2. The fourth-order valence-electron chi connectivity index (χ4n) is 5.47. The Balaban J connectivity index is 1.53. The Kier molecular flexibility index (Phi) is 5.22. The quantitative estimate of drug-likeness (QED) is 0.561. The summed E-state index contributed by atoms with van der Waals surface area (Å²) in [4.78, 5) is 52.9. The van der Waals surface area contributed by atoms with Crippen LogP contribution in [-0.4, -0.2) is 46.3 Å². The van der Waals surface area contributed by atoms with Crippen LogP contribution in [0.1, 0.15) is 24.0 Å². The van der Waals surface area contributed by atoms with E-state index in [9.17, 15) is 24.3 Å². The number of hydrogen-bond donors (Lipinski definition) is 3. The van der Waals surface area contributed by atoms with E-state index in [4.69, 9.17) is 11.6 Å². The number of nitrogens with one attached hydrogen (secondary N) is 2. The number of nitrogens with zero attached hydrogens (tertiary/aromatic N) is 1. The third-order valence-corrected chi connectivity index (χ3v) is 7.14. The van der Waals surface area contributed by atoms with Crippen molar-refractivity contribution in [1.29, 1.82) is 0 Å². The smallest absolute Gasteiger partial charge is 0.303 e. The van der Waals surface area contributed by atoms with Crippen LogP contribution in [0.25, 0.3) is 0 Å². The van der Waals surface area contributed by atoms with Crippen LogP contribution in [0.5, 0.6) is 0 Å². The maximum absolute atomic E-state index is 13.6. The van der Waals surface area contributed by atoms with Crippen molar-refractivity contribution in [2.45, 2.75) is 30.8 Å². The summed E-state index contributed by atoms with van der Waals surface area (Å²) >= 11 is 6.22. The van der Waals surface area contributed by atoms with Gasteiger partial charge in [-0.2, -0.15) is 0 Å². The largest absolute Gasteiger partial charge is 0.481 e. The molecule has 2 unspecified atom stereocenters. The number of hydrogen-bond acceptors (Lipinski definition) is 5. The number of carbonyl (C=O) groups excluding carboxylic acids is 3. The zero-order valence-electron chi connectivity index (χ0n) is 17.6. The number of amides is 3. The van der Waals surface area contributed by atoms with Crippen molar-refractivity contribution in [1.82, 2.24) is 10.2 Å². The Hall–Kier alpha value is -3.23. The molecule has 0 aliphatic carbocycles. The molecule has 0 aromatic heterocycles. The lowest BCUT2D eigenvalue weighted by atomic mass is 9.76. The maximum Gasteiger partial charge on any atom is 0.303 e. The summed E-state index contributed by atoms with van der Waals surface area (Å²) in [6, 6.07) is 13.8. The van der Waals surface area contributed by atoms with Crippen LogP contribution in [0.15, 0.2) is 48.5 Å². The molecule has 3 amide bonds. The lowest BCUT2D eigenvalue weighted by molar-refractivity contribution is -0.143. The molecule has 3 N–H and O–H groups in total. The van der Waals surface area contributed by atoms with Crippen molar-refractivity contribution in [2.24, 2.45) is 11.8 Å². The predicted molar refractivity (Wildman–Crippen MR) is 119 cm³/mol. The molecular formula is C24H22ClN3O5. The normalized spacial score (nSPS) is 27.7. The molecule has 33 heavy (non-hydrogen) atoms. The Morgan fingerprint density at radius 2 is 1.85 bits per heavy atom. The van der Waals surface area contributed by atoms with E-state index in [1.54, 1.807) is 18.2 Å². The number of rotatable bonds is 6. The highest BCUT2D eigenvalue weighted by Gasteiger charge is 2.70. The zero-order valence-corrected chi connectivity index (χ0v) is 18.3. The van der Waals surface area contributed by atoms with Gasteiger partial charge in [0.2, 0.25) is 17.7 Å². The highest BCUT2D eigenvalue weighted by atomic mass is 35.5. The lowest BCUT2D eigenvalue weighted by Crippen LogP contribution is -2.53. The fraction of sp³-hybridized carbons (Fsp3) is 0.333. The number of likely N-dealkylation sites (tertiary alicyclic amines) is 1. The van der Waals surface area contributed by atoms with Gasteiger partial charge in [0.05, 0.1) is 11.8 Å². The summed E-state index contributed by atoms with van der Waals surface area (Å²) in [5.41, 5.74) is 0.556. The molecule has 1 spiro atoms. The molecule has 2 aromatic carbocycles. The first kappa shape index (κ1) is 21.6. The van der Waals surface area contributed by atoms with Gasteiger partial charge in [0.25, 0.3) is 0 Å². The third kappa shape index (κ3) is 3.32. The van der Waals surface area contributed by atoms with Gasteiger partial charge in [-0.25, -0.2) is 0 Å².